The lowest BCUT2D eigenvalue weighted by atomic mass is 9.65. The third kappa shape index (κ3) is 5.05. The zero-order valence-corrected chi connectivity index (χ0v) is 25.3. The molecule has 3 amide bonds. The van der Waals surface area contributed by atoms with Crippen LogP contribution in [0.3, 0.4) is 0 Å². The smallest absolute Gasteiger partial charge is 0.247 e. The lowest BCUT2D eigenvalue weighted by molar-refractivity contribution is -0.147. The van der Waals surface area contributed by atoms with Crippen molar-refractivity contribution in [2.75, 3.05) is 26.7 Å². The van der Waals surface area contributed by atoms with Crippen molar-refractivity contribution in [3.63, 3.8) is 0 Å². The number of carbonyl (C=O) groups is 3. The van der Waals surface area contributed by atoms with Crippen LogP contribution in [0.25, 0.3) is 0 Å². The van der Waals surface area contributed by atoms with Gasteiger partial charge in [0.25, 0.3) is 0 Å². The Balaban J connectivity index is 1.60. The van der Waals surface area contributed by atoms with Gasteiger partial charge in [0.15, 0.2) is 0 Å². The SMILES string of the molecule is C=CCN(C)C(=O)[C@@H]1[C@H]2C(=O)N([C@@H](CO)Cc3ccccc3)C(C(=O)N(CC=C)C3CCCCC3)C23S[C@@H]1CC3C. The first-order chi connectivity index (χ1) is 19.8. The minimum atomic E-state index is -0.741. The van der Waals surface area contributed by atoms with E-state index >= 15 is 0 Å². The summed E-state index contributed by atoms with van der Waals surface area (Å²) in [5, 5.41) is 10.7. The Kier molecular flexibility index (Phi) is 9.00. The van der Waals surface area contributed by atoms with Gasteiger partial charge < -0.3 is 19.8 Å². The molecule has 0 radical (unpaired) electrons. The van der Waals surface area contributed by atoms with E-state index in [2.05, 4.69) is 20.1 Å². The Morgan fingerprint density at radius 1 is 1.12 bits per heavy atom. The summed E-state index contributed by atoms with van der Waals surface area (Å²) in [6.07, 6.45) is 9.95. The molecule has 4 fully saturated rings. The van der Waals surface area contributed by atoms with E-state index in [-0.39, 0.29) is 41.5 Å². The molecule has 1 spiro atoms. The molecule has 1 aromatic rings. The molecule has 3 saturated heterocycles. The highest BCUT2D eigenvalue weighted by atomic mass is 32.2. The number of hydrogen-bond donors (Lipinski definition) is 1. The van der Waals surface area contributed by atoms with Gasteiger partial charge in [0, 0.05) is 31.4 Å². The largest absolute Gasteiger partial charge is 0.394 e. The van der Waals surface area contributed by atoms with Crippen molar-refractivity contribution in [3.8, 4) is 0 Å². The zero-order chi connectivity index (χ0) is 29.3. The highest BCUT2D eigenvalue weighted by Crippen LogP contribution is 2.69. The van der Waals surface area contributed by atoms with Gasteiger partial charge in [-0.1, -0.05) is 68.7 Å². The van der Waals surface area contributed by atoms with Gasteiger partial charge in [0.05, 0.1) is 29.2 Å². The second-order valence-corrected chi connectivity index (χ2v) is 14.0. The standard InChI is InChI=1S/C33H45N3O4S/c1-5-17-34(4)30(38)27-26-19-22(3)33(41-26)28(27)31(39)36(25(21-37)20-23-13-9-7-10-14-23)29(33)32(40)35(18-6-2)24-15-11-8-12-16-24/h5-7,9-10,13-14,22,24-29,37H,1-2,8,11-12,15-21H2,3-4H3/t22?,25-,26-,27+,28+,29?,33?/m1/s1. The number of aliphatic hydroxyl groups is 1. The van der Waals surface area contributed by atoms with Crippen LogP contribution in [-0.2, 0) is 20.8 Å². The van der Waals surface area contributed by atoms with E-state index in [1.807, 2.05) is 35.2 Å². The molecule has 3 aliphatic heterocycles. The van der Waals surface area contributed by atoms with E-state index in [0.29, 0.717) is 19.5 Å². The first-order valence-corrected chi connectivity index (χ1v) is 16.1. The van der Waals surface area contributed by atoms with Crippen LogP contribution in [0.15, 0.2) is 55.6 Å². The third-order valence-corrected chi connectivity index (χ3v) is 12.1. The van der Waals surface area contributed by atoms with Crippen LogP contribution >= 0.6 is 11.8 Å². The molecule has 1 N–H and O–H groups in total. The number of thioether (sulfide) groups is 1. The number of carbonyl (C=O) groups excluding carboxylic acids is 3. The summed E-state index contributed by atoms with van der Waals surface area (Å²) in [6.45, 7) is 10.5. The maximum absolute atomic E-state index is 14.9. The van der Waals surface area contributed by atoms with E-state index in [4.69, 9.17) is 0 Å². The predicted molar refractivity (Wildman–Crippen MR) is 163 cm³/mol. The molecular formula is C33H45N3O4S. The van der Waals surface area contributed by atoms with E-state index in [1.165, 1.54) is 6.42 Å². The molecule has 1 aliphatic carbocycles. The first-order valence-electron chi connectivity index (χ1n) is 15.2. The quantitative estimate of drug-likeness (QED) is 0.402. The van der Waals surface area contributed by atoms with Crippen LogP contribution in [0.5, 0.6) is 0 Å². The van der Waals surface area contributed by atoms with Crippen molar-refractivity contribution in [1.29, 1.82) is 0 Å². The summed E-state index contributed by atoms with van der Waals surface area (Å²) in [5.41, 5.74) is 0.999. The Morgan fingerprint density at radius 3 is 2.44 bits per heavy atom. The normalized spacial score (nSPS) is 31.5. The fraction of sp³-hybridized carbons (Fsp3) is 0.606. The fourth-order valence-electron chi connectivity index (χ4n) is 8.20. The van der Waals surface area contributed by atoms with Gasteiger partial charge in [-0.2, -0.15) is 0 Å². The summed E-state index contributed by atoms with van der Waals surface area (Å²) < 4.78 is -0.716. The lowest BCUT2D eigenvalue weighted by Crippen LogP contribution is -2.61. The summed E-state index contributed by atoms with van der Waals surface area (Å²) in [5.74, 6) is -1.28. The molecule has 0 aromatic heterocycles. The van der Waals surface area contributed by atoms with Crippen LogP contribution in [-0.4, -0.2) is 92.4 Å². The number of fused-ring (bicyclic) bond motifs is 1. The topological polar surface area (TPSA) is 81.2 Å². The van der Waals surface area contributed by atoms with Crippen LogP contribution in [0.4, 0.5) is 0 Å². The number of amides is 3. The van der Waals surface area contributed by atoms with Crippen molar-refractivity contribution in [3.05, 3.63) is 61.2 Å². The van der Waals surface area contributed by atoms with Crippen LogP contribution in [0, 0.1) is 17.8 Å². The third-order valence-electron chi connectivity index (χ3n) is 10.0. The van der Waals surface area contributed by atoms with Crippen molar-refractivity contribution in [2.45, 2.75) is 80.0 Å². The summed E-state index contributed by atoms with van der Waals surface area (Å²) >= 11 is 1.70. The number of hydrogen-bond acceptors (Lipinski definition) is 5. The number of likely N-dealkylation sites (N-methyl/N-ethyl adjacent to an activating group) is 1. The second kappa shape index (κ2) is 12.3. The molecule has 222 valence electrons. The van der Waals surface area contributed by atoms with Gasteiger partial charge >= 0.3 is 0 Å². The van der Waals surface area contributed by atoms with Crippen molar-refractivity contribution in [2.24, 2.45) is 17.8 Å². The Labute approximate surface area is 249 Å². The molecule has 3 unspecified atom stereocenters. The van der Waals surface area contributed by atoms with Crippen LogP contribution in [0.2, 0.25) is 0 Å². The maximum Gasteiger partial charge on any atom is 0.247 e. The molecule has 7 atom stereocenters. The van der Waals surface area contributed by atoms with Crippen molar-refractivity contribution < 1.29 is 19.5 Å². The molecule has 7 nitrogen and oxygen atoms in total. The number of nitrogens with zero attached hydrogens (tertiary/aromatic N) is 3. The van der Waals surface area contributed by atoms with Crippen molar-refractivity contribution >= 4 is 29.5 Å². The van der Waals surface area contributed by atoms with E-state index in [9.17, 15) is 19.5 Å². The molecule has 2 bridgehead atoms. The maximum atomic E-state index is 14.9. The highest BCUT2D eigenvalue weighted by Gasteiger charge is 2.77. The fourth-order valence-corrected chi connectivity index (χ4v) is 10.6. The zero-order valence-electron chi connectivity index (χ0n) is 24.5. The second-order valence-electron chi connectivity index (χ2n) is 12.4. The molecule has 5 rings (SSSR count). The van der Waals surface area contributed by atoms with Crippen LogP contribution in [0.1, 0.15) is 51.0 Å². The van der Waals surface area contributed by atoms with Gasteiger partial charge in [-0.15, -0.1) is 24.9 Å². The van der Waals surface area contributed by atoms with Crippen LogP contribution < -0.4 is 0 Å². The van der Waals surface area contributed by atoms with E-state index in [1.54, 1.807) is 40.8 Å². The lowest BCUT2D eigenvalue weighted by Gasteiger charge is -2.44. The van der Waals surface area contributed by atoms with Gasteiger partial charge in [0.1, 0.15) is 6.04 Å². The summed E-state index contributed by atoms with van der Waals surface area (Å²) in [4.78, 5) is 48.8. The monoisotopic (exact) mass is 579 g/mol. The number of rotatable bonds is 11. The molecule has 41 heavy (non-hydrogen) atoms. The van der Waals surface area contributed by atoms with Gasteiger partial charge in [-0.25, -0.2) is 0 Å². The molecule has 4 aliphatic rings. The molecule has 3 heterocycles. The Morgan fingerprint density at radius 2 is 1.80 bits per heavy atom. The number of aliphatic hydroxyl groups excluding tert-OH is 1. The molecular weight excluding hydrogens is 534 g/mol. The average Bonchev–Trinajstić information content (AvgIpc) is 3.58. The van der Waals surface area contributed by atoms with Crippen molar-refractivity contribution in [1.82, 2.24) is 14.7 Å². The minimum absolute atomic E-state index is 0.0135. The predicted octanol–water partition coefficient (Wildman–Crippen LogP) is 3.92. The summed E-state index contributed by atoms with van der Waals surface area (Å²) in [7, 11) is 1.76. The minimum Gasteiger partial charge on any atom is -0.394 e. The number of benzene rings is 1. The van der Waals surface area contributed by atoms with E-state index < -0.39 is 28.7 Å². The van der Waals surface area contributed by atoms with Gasteiger partial charge in [0.2, 0.25) is 17.7 Å². The molecule has 8 heteroatoms. The van der Waals surface area contributed by atoms with Gasteiger partial charge in [-0.05, 0) is 37.2 Å². The Bertz CT molecular complexity index is 1150. The molecule has 1 saturated carbocycles. The first kappa shape index (κ1) is 29.9. The highest BCUT2D eigenvalue weighted by molar-refractivity contribution is 8.02. The van der Waals surface area contributed by atoms with E-state index in [0.717, 1.165) is 37.7 Å². The number of likely N-dealkylation sites (tertiary alicyclic amines) is 1. The average molecular weight is 580 g/mol. The Hall–Kier alpha value is -2.58. The summed E-state index contributed by atoms with van der Waals surface area (Å²) in [6, 6.07) is 8.63. The van der Waals surface area contributed by atoms with Gasteiger partial charge in [-0.3, -0.25) is 14.4 Å². The molecule has 1 aromatic carbocycles.